The number of aliphatic imine (C=N–C) groups is 1. The summed E-state index contributed by atoms with van der Waals surface area (Å²) in [6.45, 7) is 2.08. The number of thioether (sulfide) groups is 1. The zero-order valence-electron chi connectivity index (χ0n) is 15.0. The fourth-order valence-corrected chi connectivity index (χ4v) is 3.94. The Balaban J connectivity index is 1.70. The molecule has 2 aromatic rings. The van der Waals surface area contributed by atoms with E-state index in [1.807, 2.05) is 48.5 Å². The zero-order chi connectivity index (χ0) is 18.6. The van der Waals surface area contributed by atoms with E-state index in [0.29, 0.717) is 11.6 Å². The van der Waals surface area contributed by atoms with E-state index in [9.17, 15) is 4.79 Å². The molecule has 2 aromatic carbocycles. The standard InChI is InChI=1S/C20H23N3O2S/c1-20(10-11-26-19(21)23-20)15-4-3-5-16(13-15)22-18(24)12-14-6-8-17(25-2)9-7-14/h3-9,13H,10-12H2,1-2H3,(H2,21,23)(H,22,24). The molecule has 1 amide bonds. The zero-order valence-corrected chi connectivity index (χ0v) is 15.8. The lowest BCUT2D eigenvalue weighted by Gasteiger charge is -2.30. The molecule has 26 heavy (non-hydrogen) atoms. The highest BCUT2D eigenvalue weighted by Gasteiger charge is 2.29. The largest absolute Gasteiger partial charge is 0.497 e. The van der Waals surface area contributed by atoms with E-state index >= 15 is 0 Å². The Morgan fingerprint density at radius 3 is 2.77 bits per heavy atom. The molecule has 0 aliphatic carbocycles. The van der Waals surface area contributed by atoms with E-state index in [1.54, 1.807) is 18.9 Å². The van der Waals surface area contributed by atoms with Gasteiger partial charge in [0.05, 0.1) is 19.1 Å². The Bertz CT molecular complexity index is 820. The Labute approximate surface area is 158 Å². The molecule has 0 spiro atoms. The van der Waals surface area contributed by atoms with Crippen LogP contribution in [0.2, 0.25) is 0 Å². The number of nitrogens with zero attached hydrogens (tertiary/aromatic N) is 1. The summed E-state index contributed by atoms with van der Waals surface area (Å²) < 4.78 is 5.14. The average Bonchev–Trinajstić information content (AvgIpc) is 2.62. The third-order valence-corrected chi connectivity index (χ3v) is 5.28. The van der Waals surface area contributed by atoms with Crippen molar-refractivity contribution in [3.8, 4) is 5.75 Å². The number of carbonyl (C=O) groups excluding carboxylic acids is 1. The lowest BCUT2D eigenvalue weighted by molar-refractivity contribution is -0.115. The van der Waals surface area contributed by atoms with Gasteiger partial charge in [0.1, 0.15) is 5.75 Å². The van der Waals surface area contributed by atoms with Crippen LogP contribution in [0.1, 0.15) is 24.5 Å². The maximum absolute atomic E-state index is 12.4. The van der Waals surface area contributed by atoms with Crippen LogP contribution < -0.4 is 15.8 Å². The number of hydrogen-bond acceptors (Lipinski definition) is 5. The minimum Gasteiger partial charge on any atom is -0.497 e. The highest BCUT2D eigenvalue weighted by molar-refractivity contribution is 8.13. The Morgan fingerprint density at radius 2 is 2.08 bits per heavy atom. The summed E-state index contributed by atoms with van der Waals surface area (Å²) in [4.78, 5) is 17.0. The first kappa shape index (κ1) is 18.3. The van der Waals surface area contributed by atoms with Gasteiger partial charge in [-0.25, -0.2) is 0 Å². The lowest BCUT2D eigenvalue weighted by Crippen LogP contribution is -2.28. The van der Waals surface area contributed by atoms with Gasteiger partial charge in [0.15, 0.2) is 5.17 Å². The number of carbonyl (C=O) groups is 1. The van der Waals surface area contributed by atoms with Crippen molar-refractivity contribution in [2.75, 3.05) is 18.2 Å². The van der Waals surface area contributed by atoms with E-state index in [4.69, 9.17) is 10.5 Å². The molecule has 6 heteroatoms. The molecule has 3 rings (SSSR count). The van der Waals surface area contributed by atoms with Crippen molar-refractivity contribution in [3.63, 3.8) is 0 Å². The predicted octanol–water partition coefficient (Wildman–Crippen LogP) is 3.54. The first-order valence-electron chi connectivity index (χ1n) is 8.50. The molecule has 136 valence electrons. The van der Waals surface area contributed by atoms with E-state index in [-0.39, 0.29) is 11.4 Å². The number of nitrogens with two attached hydrogens (primary N) is 1. The van der Waals surface area contributed by atoms with Gasteiger partial charge < -0.3 is 15.8 Å². The molecular formula is C20H23N3O2S. The number of amidine groups is 1. The van der Waals surface area contributed by atoms with Gasteiger partial charge in [0, 0.05) is 11.4 Å². The summed E-state index contributed by atoms with van der Waals surface area (Å²) in [5.74, 6) is 1.67. The van der Waals surface area contributed by atoms with Crippen molar-refractivity contribution >= 4 is 28.5 Å². The van der Waals surface area contributed by atoms with Crippen molar-refractivity contribution in [1.82, 2.24) is 0 Å². The third-order valence-electron chi connectivity index (χ3n) is 4.49. The van der Waals surface area contributed by atoms with Gasteiger partial charge in [0.25, 0.3) is 0 Å². The summed E-state index contributed by atoms with van der Waals surface area (Å²) in [6, 6.07) is 15.4. The molecule has 1 aliphatic rings. The van der Waals surface area contributed by atoms with Gasteiger partial charge in [-0.15, -0.1) is 0 Å². The van der Waals surface area contributed by atoms with Gasteiger partial charge in [-0.3, -0.25) is 9.79 Å². The summed E-state index contributed by atoms with van der Waals surface area (Å²) >= 11 is 1.58. The second kappa shape index (κ2) is 7.83. The SMILES string of the molecule is COc1ccc(CC(=O)Nc2cccc(C3(C)CCSC(N)=N3)c2)cc1. The Kier molecular flexibility index (Phi) is 5.52. The van der Waals surface area contributed by atoms with Gasteiger partial charge in [-0.05, 0) is 48.7 Å². The lowest BCUT2D eigenvalue weighted by atomic mass is 9.89. The summed E-state index contributed by atoms with van der Waals surface area (Å²) in [5, 5.41) is 3.59. The monoisotopic (exact) mass is 369 g/mol. The molecule has 5 nitrogen and oxygen atoms in total. The van der Waals surface area contributed by atoms with E-state index in [1.165, 1.54) is 0 Å². The molecule has 1 atom stereocenters. The van der Waals surface area contributed by atoms with E-state index in [0.717, 1.165) is 34.7 Å². The fraction of sp³-hybridized carbons (Fsp3) is 0.300. The first-order chi connectivity index (χ1) is 12.5. The summed E-state index contributed by atoms with van der Waals surface area (Å²) in [7, 11) is 1.62. The van der Waals surface area contributed by atoms with Crippen LogP contribution in [0.15, 0.2) is 53.5 Å². The minimum absolute atomic E-state index is 0.0558. The summed E-state index contributed by atoms with van der Waals surface area (Å²) in [6.07, 6.45) is 1.23. The molecule has 0 radical (unpaired) electrons. The molecule has 0 aromatic heterocycles. The van der Waals surface area contributed by atoms with Crippen molar-refractivity contribution in [1.29, 1.82) is 0 Å². The summed E-state index contributed by atoms with van der Waals surface area (Å²) in [5.41, 5.74) is 8.33. The smallest absolute Gasteiger partial charge is 0.228 e. The molecule has 0 bridgehead atoms. The molecular weight excluding hydrogens is 346 g/mol. The molecule has 1 unspecified atom stereocenters. The number of amides is 1. The van der Waals surface area contributed by atoms with Crippen molar-refractivity contribution < 1.29 is 9.53 Å². The van der Waals surface area contributed by atoms with Gasteiger partial charge in [-0.1, -0.05) is 36.0 Å². The fourth-order valence-electron chi connectivity index (χ4n) is 2.96. The van der Waals surface area contributed by atoms with Crippen molar-refractivity contribution in [2.24, 2.45) is 10.7 Å². The highest BCUT2D eigenvalue weighted by Crippen LogP contribution is 2.35. The molecule has 3 N–H and O–H groups in total. The topological polar surface area (TPSA) is 76.7 Å². The van der Waals surface area contributed by atoms with Crippen LogP contribution >= 0.6 is 11.8 Å². The number of methoxy groups -OCH3 is 1. The van der Waals surface area contributed by atoms with Gasteiger partial charge in [-0.2, -0.15) is 0 Å². The predicted molar refractivity (Wildman–Crippen MR) is 108 cm³/mol. The number of nitrogens with one attached hydrogen (secondary N) is 1. The maximum Gasteiger partial charge on any atom is 0.228 e. The quantitative estimate of drug-likeness (QED) is 0.845. The van der Waals surface area contributed by atoms with Crippen molar-refractivity contribution in [3.05, 3.63) is 59.7 Å². The van der Waals surface area contributed by atoms with Crippen LogP contribution in [0.4, 0.5) is 5.69 Å². The number of ether oxygens (including phenoxy) is 1. The van der Waals surface area contributed by atoms with Crippen LogP contribution in [0.5, 0.6) is 5.75 Å². The third kappa shape index (κ3) is 4.38. The second-order valence-corrected chi connectivity index (χ2v) is 7.59. The van der Waals surface area contributed by atoms with Crippen LogP contribution in [0.25, 0.3) is 0 Å². The van der Waals surface area contributed by atoms with E-state index < -0.39 is 0 Å². The average molecular weight is 369 g/mol. The number of benzene rings is 2. The number of rotatable bonds is 5. The second-order valence-electron chi connectivity index (χ2n) is 6.48. The van der Waals surface area contributed by atoms with Gasteiger partial charge >= 0.3 is 0 Å². The Hall–Kier alpha value is -2.47. The van der Waals surface area contributed by atoms with E-state index in [2.05, 4.69) is 17.2 Å². The molecule has 0 saturated heterocycles. The normalized spacial score (nSPS) is 19.5. The Morgan fingerprint density at radius 1 is 1.31 bits per heavy atom. The molecule has 1 heterocycles. The number of hydrogen-bond donors (Lipinski definition) is 2. The highest BCUT2D eigenvalue weighted by atomic mass is 32.2. The minimum atomic E-state index is -0.341. The maximum atomic E-state index is 12.4. The molecule has 0 saturated carbocycles. The molecule has 0 fully saturated rings. The first-order valence-corrected chi connectivity index (χ1v) is 9.48. The van der Waals surface area contributed by atoms with Gasteiger partial charge in [0.2, 0.25) is 5.91 Å². The van der Waals surface area contributed by atoms with Crippen molar-refractivity contribution in [2.45, 2.75) is 25.3 Å². The van der Waals surface area contributed by atoms with Crippen LogP contribution in [0.3, 0.4) is 0 Å². The van der Waals surface area contributed by atoms with Crippen LogP contribution in [0, 0.1) is 0 Å². The van der Waals surface area contributed by atoms with Crippen LogP contribution in [-0.2, 0) is 16.8 Å². The number of anilines is 1. The van der Waals surface area contributed by atoms with Crippen LogP contribution in [-0.4, -0.2) is 23.9 Å². The molecule has 1 aliphatic heterocycles.